The smallest absolute Gasteiger partial charge is 0.319 e. The summed E-state index contributed by atoms with van der Waals surface area (Å²) in [5, 5.41) is 15.8. The molecule has 2 rings (SSSR count). The van der Waals surface area contributed by atoms with E-state index in [1.807, 2.05) is 43.3 Å². The van der Waals surface area contributed by atoms with Crippen LogP contribution < -0.4 is 10.6 Å². The Balaban J connectivity index is 1.86. The SMILES string of the molecule is Cc1ccc(NC(=O)NCC(O)c2ccccc2)cc1Cl. The van der Waals surface area contributed by atoms with Gasteiger partial charge in [0.25, 0.3) is 0 Å². The van der Waals surface area contributed by atoms with Crippen LogP contribution >= 0.6 is 11.6 Å². The van der Waals surface area contributed by atoms with Gasteiger partial charge in [-0.2, -0.15) is 0 Å². The summed E-state index contributed by atoms with van der Waals surface area (Å²) in [6.07, 6.45) is -0.737. The maximum atomic E-state index is 11.8. The minimum absolute atomic E-state index is 0.134. The molecule has 3 N–H and O–H groups in total. The molecule has 0 fully saturated rings. The Kier molecular flexibility index (Phi) is 5.20. The van der Waals surface area contributed by atoms with Gasteiger partial charge in [-0.3, -0.25) is 0 Å². The number of aryl methyl sites for hydroxylation is 1. The summed E-state index contributed by atoms with van der Waals surface area (Å²) in [5.74, 6) is 0. The van der Waals surface area contributed by atoms with E-state index in [9.17, 15) is 9.90 Å². The van der Waals surface area contributed by atoms with Crippen LogP contribution in [0.25, 0.3) is 0 Å². The fourth-order valence-corrected chi connectivity index (χ4v) is 2.01. The second kappa shape index (κ2) is 7.11. The number of anilines is 1. The van der Waals surface area contributed by atoms with Crippen molar-refractivity contribution in [1.29, 1.82) is 0 Å². The van der Waals surface area contributed by atoms with E-state index >= 15 is 0 Å². The minimum atomic E-state index is -0.737. The Labute approximate surface area is 128 Å². The van der Waals surface area contributed by atoms with E-state index in [0.717, 1.165) is 11.1 Å². The molecule has 0 bridgehead atoms. The van der Waals surface area contributed by atoms with Crippen LogP contribution in [-0.4, -0.2) is 17.7 Å². The number of benzene rings is 2. The van der Waals surface area contributed by atoms with Crippen molar-refractivity contribution >= 4 is 23.3 Å². The van der Waals surface area contributed by atoms with Crippen LogP contribution in [0.5, 0.6) is 0 Å². The van der Waals surface area contributed by atoms with Crippen LogP contribution in [0.1, 0.15) is 17.2 Å². The number of carbonyl (C=O) groups is 1. The summed E-state index contributed by atoms with van der Waals surface area (Å²) in [4.78, 5) is 11.8. The third kappa shape index (κ3) is 4.48. The molecule has 0 aromatic heterocycles. The lowest BCUT2D eigenvalue weighted by Crippen LogP contribution is -2.32. The van der Waals surface area contributed by atoms with Gasteiger partial charge < -0.3 is 15.7 Å². The Morgan fingerprint density at radius 1 is 1.24 bits per heavy atom. The van der Waals surface area contributed by atoms with Crippen molar-refractivity contribution in [3.8, 4) is 0 Å². The quantitative estimate of drug-likeness (QED) is 0.809. The zero-order valence-electron chi connectivity index (χ0n) is 11.6. The van der Waals surface area contributed by atoms with Crippen LogP contribution in [0.2, 0.25) is 5.02 Å². The van der Waals surface area contributed by atoms with E-state index in [1.165, 1.54) is 0 Å². The molecule has 5 heteroatoms. The number of amides is 2. The second-order valence-electron chi connectivity index (χ2n) is 4.73. The van der Waals surface area contributed by atoms with Gasteiger partial charge in [-0.05, 0) is 30.2 Å². The molecule has 2 amide bonds. The van der Waals surface area contributed by atoms with Gasteiger partial charge in [0.15, 0.2) is 0 Å². The standard InChI is InChI=1S/C16H17ClN2O2/c1-11-7-8-13(9-14(11)17)19-16(21)18-10-15(20)12-5-3-2-4-6-12/h2-9,15,20H,10H2,1H3,(H2,18,19,21). The molecule has 110 valence electrons. The summed E-state index contributed by atoms with van der Waals surface area (Å²) in [7, 11) is 0. The molecule has 0 radical (unpaired) electrons. The molecule has 0 saturated carbocycles. The molecule has 0 aliphatic carbocycles. The highest BCUT2D eigenvalue weighted by atomic mass is 35.5. The summed E-state index contributed by atoms with van der Waals surface area (Å²) in [5.41, 5.74) is 2.32. The number of hydrogen-bond acceptors (Lipinski definition) is 2. The number of nitrogens with one attached hydrogen (secondary N) is 2. The summed E-state index contributed by atoms with van der Waals surface area (Å²) in [6, 6.07) is 14.1. The van der Waals surface area contributed by atoms with E-state index in [1.54, 1.807) is 12.1 Å². The summed E-state index contributed by atoms with van der Waals surface area (Å²) >= 11 is 5.99. The number of halogens is 1. The van der Waals surface area contributed by atoms with Crippen molar-refractivity contribution < 1.29 is 9.90 Å². The number of aliphatic hydroxyl groups excluding tert-OH is 1. The zero-order valence-corrected chi connectivity index (χ0v) is 12.4. The number of carbonyl (C=O) groups excluding carboxylic acids is 1. The number of rotatable bonds is 4. The highest BCUT2D eigenvalue weighted by Gasteiger charge is 2.09. The molecule has 0 aliphatic rings. The maximum Gasteiger partial charge on any atom is 0.319 e. The monoisotopic (exact) mass is 304 g/mol. The van der Waals surface area contributed by atoms with Crippen LogP contribution in [0.15, 0.2) is 48.5 Å². The predicted octanol–water partition coefficient (Wildman–Crippen LogP) is 3.50. The molecule has 0 heterocycles. The van der Waals surface area contributed by atoms with Crippen LogP contribution in [0.3, 0.4) is 0 Å². The Bertz CT molecular complexity index is 617. The molecular weight excluding hydrogens is 288 g/mol. The maximum absolute atomic E-state index is 11.8. The van der Waals surface area contributed by atoms with E-state index in [2.05, 4.69) is 10.6 Å². The van der Waals surface area contributed by atoms with E-state index < -0.39 is 6.10 Å². The molecule has 1 atom stereocenters. The lowest BCUT2D eigenvalue weighted by molar-refractivity contribution is 0.175. The van der Waals surface area contributed by atoms with E-state index in [0.29, 0.717) is 10.7 Å². The predicted molar refractivity (Wildman–Crippen MR) is 84.6 cm³/mol. The van der Waals surface area contributed by atoms with E-state index in [4.69, 9.17) is 11.6 Å². The van der Waals surface area contributed by atoms with Gasteiger partial charge in [-0.1, -0.05) is 48.0 Å². The minimum Gasteiger partial charge on any atom is -0.387 e. The average Bonchev–Trinajstić information content (AvgIpc) is 2.49. The summed E-state index contributed by atoms with van der Waals surface area (Å²) < 4.78 is 0. The molecule has 0 spiro atoms. The first-order valence-corrected chi connectivity index (χ1v) is 6.98. The zero-order chi connectivity index (χ0) is 15.2. The Morgan fingerprint density at radius 3 is 2.62 bits per heavy atom. The van der Waals surface area contributed by atoms with Crippen molar-refractivity contribution in [3.63, 3.8) is 0 Å². The third-order valence-electron chi connectivity index (χ3n) is 3.07. The number of hydrogen-bond donors (Lipinski definition) is 3. The van der Waals surface area contributed by atoms with Crippen LogP contribution in [0, 0.1) is 6.92 Å². The van der Waals surface area contributed by atoms with Crippen molar-refractivity contribution in [1.82, 2.24) is 5.32 Å². The lowest BCUT2D eigenvalue weighted by Gasteiger charge is -2.13. The molecule has 0 saturated heterocycles. The molecular formula is C16H17ClN2O2. The van der Waals surface area contributed by atoms with Gasteiger partial charge >= 0.3 is 6.03 Å². The van der Waals surface area contributed by atoms with Gasteiger partial charge in [0.1, 0.15) is 0 Å². The second-order valence-corrected chi connectivity index (χ2v) is 5.13. The molecule has 21 heavy (non-hydrogen) atoms. The van der Waals surface area contributed by atoms with Gasteiger partial charge in [0.05, 0.1) is 6.10 Å². The first-order chi connectivity index (χ1) is 10.1. The van der Waals surface area contributed by atoms with Crippen LogP contribution in [0.4, 0.5) is 10.5 Å². The molecule has 4 nitrogen and oxygen atoms in total. The van der Waals surface area contributed by atoms with Crippen molar-refractivity contribution in [2.75, 3.05) is 11.9 Å². The average molecular weight is 305 g/mol. The van der Waals surface area contributed by atoms with Crippen molar-refractivity contribution in [2.45, 2.75) is 13.0 Å². The van der Waals surface area contributed by atoms with Crippen molar-refractivity contribution in [2.24, 2.45) is 0 Å². The Hall–Kier alpha value is -2.04. The number of aliphatic hydroxyl groups is 1. The van der Waals surface area contributed by atoms with Gasteiger partial charge in [0, 0.05) is 17.3 Å². The van der Waals surface area contributed by atoms with Gasteiger partial charge in [-0.25, -0.2) is 4.79 Å². The topological polar surface area (TPSA) is 61.4 Å². The molecule has 1 unspecified atom stereocenters. The highest BCUT2D eigenvalue weighted by molar-refractivity contribution is 6.31. The third-order valence-corrected chi connectivity index (χ3v) is 3.48. The largest absolute Gasteiger partial charge is 0.387 e. The summed E-state index contributed by atoms with van der Waals surface area (Å²) in [6.45, 7) is 2.03. The Morgan fingerprint density at radius 2 is 1.95 bits per heavy atom. The first kappa shape index (κ1) is 15.4. The first-order valence-electron chi connectivity index (χ1n) is 6.60. The normalized spacial score (nSPS) is 11.8. The van der Waals surface area contributed by atoms with Crippen LogP contribution in [-0.2, 0) is 0 Å². The lowest BCUT2D eigenvalue weighted by atomic mass is 10.1. The molecule has 2 aromatic rings. The van der Waals surface area contributed by atoms with Crippen molar-refractivity contribution in [3.05, 3.63) is 64.7 Å². The van der Waals surface area contributed by atoms with Gasteiger partial charge in [-0.15, -0.1) is 0 Å². The van der Waals surface area contributed by atoms with E-state index in [-0.39, 0.29) is 12.6 Å². The van der Waals surface area contributed by atoms with Gasteiger partial charge in [0.2, 0.25) is 0 Å². The number of urea groups is 1. The fourth-order valence-electron chi connectivity index (χ4n) is 1.83. The molecule has 2 aromatic carbocycles. The highest BCUT2D eigenvalue weighted by Crippen LogP contribution is 2.19. The molecule has 0 aliphatic heterocycles. The fraction of sp³-hybridized carbons (Fsp3) is 0.188.